The van der Waals surface area contributed by atoms with Crippen molar-refractivity contribution >= 4 is 33.3 Å². The van der Waals surface area contributed by atoms with Crippen LogP contribution in [-0.4, -0.2) is 23.8 Å². The second-order valence-corrected chi connectivity index (χ2v) is 6.41. The van der Waals surface area contributed by atoms with Gasteiger partial charge in [0.05, 0.1) is 12.0 Å². The average Bonchev–Trinajstić information content (AvgIpc) is 2.77. The number of amides is 1. The minimum Gasteiger partial charge on any atom is -0.369 e. The van der Waals surface area contributed by atoms with Crippen molar-refractivity contribution in [2.75, 3.05) is 7.05 Å². The number of hydrogen-bond donors (Lipinski definition) is 1. The van der Waals surface area contributed by atoms with Gasteiger partial charge in [0.15, 0.2) is 5.96 Å². The fraction of sp³-hybridized carbons (Fsp3) is 0.333. The molecule has 0 spiro atoms. The number of carbonyl (C=O) groups excluding carboxylic acids is 1. The summed E-state index contributed by atoms with van der Waals surface area (Å²) in [4.78, 5) is 18.0. The molecule has 1 amide bonds. The molecule has 1 aromatic heterocycles. The van der Waals surface area contributed by atoms with Gasteiger partial charge in [-0.2, -0.15) is 0 Å². The first-order valence-corrected chi connectivity index (χ1v) is 7.39. The van der Waals surface area contributed by atoms with Crippen molar-refractivity contribution in [1.29, 1.82) is 0 Å². The van der Waals surface area contributed by atoms with E-state index in [9.17, 15) is 4.79 Å². The van der Waals surface area contributed by atoms with Crippen molar-refractivity contribution in [1.82, 2.24) is 4.90 Å². The lowest BCUT2D eigenvalue weighted by molar-refractivity contribution is -0.128. The van der Waals surface area contributed by atoms with Crippen LogP contribution in [0, 0.1) is 6.92 Å². The summed E-state index contributed by atoms with van der Waals surface area (Å²) in [7, 11) is 1.66. The molecule has 0 bridgehead atoms. The average molecular weight is 287 g/mol. The molecule has 0 unspecified atom stereocenters. The molecule has 0 fully saturated rings. The summed E-state index contributed by atoms with van der Waals surface area (Å²) in [5, 5.41) is 3.38. The van der Waals surface area contributed by atoms with Crippen LogP contribution in [-0.2, 0) is 10.3 Å². The zero-order chi connectivity index (χ0) is 14.5. The maximum Gasteiger partial charge on any atom is 0.231 e. The van der Waals surface area contributed by atoms with Crippen LogP contribution in [0.3, 0.4) is 0 Å². The first-order chi connectivity index (χ1) is 9.40. The largest absolute Gasteiger partial charge is 0.369 e. The fourth-order valence-electron chi connectivity index (χ4n) is 2.57. The lowest BCUT2D eigenvalue weighted by Gasteiger charge is -2.33. The highest BCUT2D eigenvalue weighted by Crippen LogP contribution is 2.36. The van der Waals surface area contributed by atoms with E-state index < -0.39 is 5.54 Å². The van der Waals surface area contributed by atoms with Crippen LogP contribution in [0.25, 0.3) is 10.1 Å². The number of aliphatic imine (C=N–C) groups is 1. The van der Waals surface area contributed by atoms with Gasteiger partial charge >= 0.3 is 0 Å². The molecule has 0 radical (unpaired) electrons. The maximum atomic E-state index is 12.0. The van der Waals surface area contributed by atoms with Crippen molar-refractivity contribution in [3.63, 3.8) is 0 Å². The lowest BCUT2D eigenvalue weighted by atomic mass is 9.87. The molecule has 104 valence electrons. The number of fused-ring (bicyclic) bond motifs is 1. The van der Waals surface area contributed by atoms with Gasteiger partial charge in [0.2, 0.25) is 5.91 Å². The van der Waals surface area contributed by atoms with Gasteiger partial charge in [-0.05, 0) is 47.9 Å². The summed E-state index contributed by atoms with van der Waals surface area (Å²) in [5.74, 6) is 0.285. The van der Waals surface area contributed by atoms with Crippen LogP contribution >= 0.6 is 11.3 Å². The smallest absolute Gasteiger partial charge is 0.231 e. The van der Waals surface area contributed by atoms with E-state index in [1.165, 1.54) is 20.5 Å². The van der Waals surface area contributed by atoms with Crippen molar-refractivity contribution in [3.8, 4) is 0 Å². The Labute approximate surface area is 121 Å². The number of carbonyl (C=O) groups is 1. The van der Waals surface area contributed by atoms with E-state index in [-0.39, 0.29) is 11.9 Å². The minimum atomic E-state index is -0.573. The molecule has 0 saturated heterocycles. The van der Waals surface area contributed by atoms with Crippen molar-refractivity contribution in [3.05, 3.63) is 34.7 Å². The molecular formula is C15H17N3OS. The molecule has 0 aliphatic carbocycles. The number of nitrogens with zero attached hydrogens (tertiary/aromatic N) is 2. The summed E-state index contributed by atoms with van der Waals surface area (Å²) in [6, 6.07) is 6.28. The van der Waals surface area contributed by atoms with Gasteiger partial charge in [0.1, 0.15) is 0 Å². The third kappa shape index (κ3) is 1.89. The molecule has 1 aromatic carbocycles. The van der Waals surface area contributed by atoms with Crippen LogP contribution < -0.4 is 5.73 Å². The molecule has 3 rings (SSSR count). The molecule has 4 nitrogen and oxygen atoms in total. The first kappa shape index (κ1) is 13.1. The van der Waals surface area contributed by atoms with Crippen molar-refractivity contribution in [2.24, 2.45) is 10.7 Å². The van der Waals surface area contributed by atoms with E-state index in [1.807, 2.05) is 13.0 Å². The predicted molar refractivity (Wildman–Crippen MR) is 82.9 cm³/mol. The Kier molecular flexibility index (Phi) is 2.83. The quantitative estimate of drug-likeness (QED) is 0.876. The van der Waals surface area contributed by atoms with E-state index >= 15 is 0 Å². The highest BCUT2D eigenvalue weighted by atomic mass is 32.1. The number of hydrogen-bond acceptors (Lipinski definition) is 4. The molecule has 2 heterocycles. The second-order valence-electron chi connectivity index (χ2n) is 5.50. The Morgan fingerprint density at radius 2 is 2.20 bits per heavy atom. The number of thiophene rings is 1. The maximum absolute atomic E-state index is 12.0. The van der Waals surface area contributed by atoms with Crippen LogP contribution in [0.5, 0.6) is 0 Å². The molecular weight excluding hydrogens is 270 g/mol. The summed E-state index contributed by atoms with van der Waals surface area (Å²) >= 11 is 1.73. The lowest BCUT2D eigenvalue weighted by Crippen LogP contribution is -2.47. The van der Waals surface area contributed by atoms with Gasteiger partial charge in [-0.25, -0.2) is 4.99 Å². The van der Waals surface area contributed by atoms with E-state index in [1.54, 1.807) is 18.4 Å². The summed E-state index contributed by atoms with van der Waals surface area (Å²) in [6.07, 6.45) is 0.346. The van der Waals surface area contributed by atoms with Crippen LogP contribution in [0.2, 0.25) is 0 Å². The zero-order valence-electron chi connectivity index (χ0n) is 11.8. The van der Waals surface area contributed by atoms with Gasteiger partial charge in [-0.3, -0.25) is 9.69 Å². The monoisotopic (exact) mass is 287 g/mol. The molecule has 0 saturated carbocycles. The van der Waals surface area contributed by atoms with Crippen LogP contribution in [0.1, 0.15) is 24.5 Å². The van der Waals surface area contributed by atoms with Gasteiger partial charge in [-0.15, -0.1) is 11.3 Å². The zero-order valence-corrected chi connectivity index (χ0v) is 12.6. The number of rotatable bonds is 1. The van der Waals surface area contributed by atoms with Gasteiger partial charge < -0.3 is 5.73 Å². The summed E-state index contributed by atoms with van der Waals surface area (Å²) < 4.78 is 1.26. The molecule has 2 aromatic rings. The normalized spacial score (nSPS) is 23.2. The Balaban J connectivity index is 2.14. The number of nitrogens with two attached hydrogens (primary N) is 1. The third-order valence-electron chi connectivity index (χ3n) is 3.96. The Bertz CT molecular complexity index is 734. The predicted octanol–water partition coefficient (Wildman–Crippen LogP) is 2.60. The molecule has 20 heavy (non-hydrogen) atoms. The molecule has 1 aliphatic rings. The van der Waals surface area contributed by atoms with Crippen molar-refractivity contribution in [2.45, 2.75) is 25.8 Å². The molecule has 1 atom stereocenters. The SMILES string of the molecule is Cc1csc2ccc([C@]3(C)CC(=O)N(C)C(N)=N3)cc12. The standard InChI is InChI=1S/C15H17N3OS/c1-9-8-20-12-5-4-10(6-11(9)12)15(2)7-13(19)18(3)14(16)17-15/h4-6,8H,7H2,1-3H3,(H2,16,17)/t15-/m0/s1. The van der Waals surface area contributed by atoms with Crippen LogP contribution in [0.4, 0.5) is 0 Å². The highest BCUT2D eigenvalue weighted by Gasteiger charge is 2.36. The van der Waals surface area contributed by atoms with Crippen molar-refractivity contribution < 1.29 is 4.79 Å². The molecule has 1 aliphatic heterocycles. The van der Waals surface area contributed by atoms with E-state index in [0.29, 0.717) is 6.42 Å². The van der Waals surface area contributed by atoms with E-state index in [4.69, 9.17) is 5.73 Å². The molecule has 5 heteroatoms. The first-order valence-electron chi connectivity index (χ1n) is 6.51. The second kappa shape index (κ2) is 4.31. The number of aryl methyl sites for hydroxylation is 1. The Morgan fingerprint density at radius 1 is 1.45 bits per heavy atom. The van der Waals surface area contributed by atoms with E-state index in [0.717, 1.165) is 5.56 Å². The summed E-state index contributed by atoms with van der Waals surface area (Å²) in [5.41, 5.74) is 7.58. The Morgan fingerprint density at radius 3 is 2.90 bits per heavy atom. The molecule has 2 N–H and O–H groups in total. The van der Waals surface area contributed by atoms with Gasteiger partial charge in [0, 0.05) is 11.7 Å². The van der Waals surface area contributed by atoms with Gasteiger partial charge in [-0.1, -0.05) is 6.07 Å². The number of benzene rings is 1. The highest BCUT2D eigenvalue weighted by molar-refractivity contribution is 7.17. The Hall–Kier alpha value is -1.88. The summed E-state index contributed by atoms with van der Waals surface area (Å²) in [6.45, 7) is 4.07. The fourth-order valence-corrected chi connectivity index (χ4v) is 3.49. The van der Waals surface area contributed by atoms with Crippen LogP contribution in [0.15, 0.2) is 28.6 Å². The topological polar surface area (TPSA) is 58.7 Å². The van der Waals surface area contributed by atoms with Gasteiger partial charge in [0.25, 0.3) is 0 Å². The van der Waals surface area contributed by atoms with E-state index in [2.05, 4.69) is 29.4 Å². The number of guanidine groups is 1. The third-order valence-corrected chi connectivity index (χ3v) is 5.04. The minimum absolute atomic E-state index is 0.00198.